The van der Waals surface area contributed by atoms with E-state index in [1.165, 1.54) is 0 Å². The molecule has 0 aliphatic rings. The van der Waals surface area contributed by atoms with Gasteiger partial charge in [0.15, 0.2) is 23.1 Å². The van der Waals surface area contributed by atoms with Crippen LogP contribution in [-0.4, -0.2) is 19.5 Å². The molecule has 0 atom stereocenters. The van der Waals surface area contributed by atoms with Crippen LogP contribution in [0.5, 0.6) is 0 Å². The van der Waals surface area contributed by atoms with Crippen molar-refractivity contribution in [3.05, 3.63) is 169 Å². The molecule has 0 spiro atoms. The Kier molecular flexibility index (Phi) is 3.55. The summed E-state index contributed by atoms with van der Waals surface area (Å²) < 4.78 is 169. The minimum absolute atomic E-state index is 0.107. The molecule has 5 heteroatoms. The number of hydrogen-bond donors (Lipinski definition) is 0. The molecule has 0 saturated heterocycles. The van der Waals surface area contributed by atoms with Gasteiger partial charge in [-0.15, -0.1) is 0 Å². The van der Waals surface area contributed by atoms with E-state index in [2.05, 4.69) is 0 Å². The minimum Gasteiger partial charge on any atom is -0.454 e. The van der Waals surface area contributed by atoms with Crippen LogP contribution in [0.15, 0.2) is 174 Å². The molecule has 0 aliphatic carbocycles. The van der Waals surface area contributed by atoms with Crippen molar-refractivity contribution in [3.63, 3.8) is 0 Å². The van der Waals surface area contributed by atoms with Crippen molar-refractivity contribution in [2.24, 2.45) is 0 Å². The van der Waals surface area contributed by atoms with Gasteiger partial charge in [-0.1, -0.05) is 139 Å². The van der Waals surface area contributed by atoms with Gasteiger partial charge < -0.3 is 8.98 Å². The van der Waals surface area contributed by atoms with Crippen LogP contribution in [-0.2, 0) is 0 Å². The predicted molar refractivity (Wildman–Crippen MR) is 203 cm³/mol. The van der Waals surface area contributed by atoms with E-state index >= 15 is 0 Å². The van der Waals surface area contributed by atoms with Gasteiger partial charge in [-0.05, 0) is 41.3 Å². The number of hydrogen-bond acceptors (Lipinski definition) is 4. The fraction of sp³-hybridized carbons (Fsp3) is 0. The van der Waals surface area contributed by atoms with E-state index in [1.54, 1.807) is 60.7 Å². The van der Waals surface area contributed by atoms with Crippen LogP contribution in [0.25, 0.3) is 94.7 Å². The third-order valence-corrected chi connectivity index (χ3v) is 8.15. The van der Waals surface area contributed by atoms with E-state index in [4.69, 9.17) is 34.4 Å². The highest BCUT2D eigenvalue weighted by Gasteiger charge is 2.22. The molecule has 3 heterocycles. The third kappa shape index (κ3) is 4.52. The molecule has 7 aromatic carbocycles. The van der Waals surface area contributed by atoms with Gasteiger partial charge in [-0.3, -0.25) is 0 Å². The number of benzene rings is 7. The fourth-order valence-corrected chi connectivity index (χ4v) is 5.94. The SMILES string of the molecule is [2H]c1c([2H])c([2H])c(-c2c([2H])c([2H])c3c(oc4c(-n5c6c([2H])c([2H])c([2H])c([2H])c6c6c([2H])c([2H])c([2H])c(-c7nc(-c8ccccc8)nc(-c8ccccc8)n7)c65)c([2H])c([2H])c([2H])c43)c2[2H])c([2H])c1[2H]. The van der Waals surface area contributed by atoms with Crippen LogP contribution in [0, 0.1) is 0 Å². The summed E-state index contributed by atoms with van der Waals surface area (Å²) >= 11 is 0. The Morgan fingerprint density at radius 2 is 1.12 bits per heavy atom. The summed E-state index contributed by atoms with van der Waals surface area (Å²) in [5, 5.41) is -1.45. The maximum Gasteiger partial charge on any atom is 0.166 e. The van der Waals surface area contributed by atoms with Crippen molar-refractivity contribution >= 4 is 43.7 Å². The first-order chi connectivity index (χ1) is 32.3. The number of aromatic nitrogens is 4. The highest BCUT2D eigenvalue weighted by atomic mass is 16.3. The zero-order chi connectivity index (χ0) is 48.7. The molecule has 0 saturated carbocycles. The topological polar surface area (TPSA) is 56.7 Å². The Labute approximate surface area is 313 Å². The number of para-hydroxylation sites is 3. The first-order valence-electron chi connectivity index (χ1n) is 24.2. The first kappa shape index (κ1) is 15.6. The van der Waals surface area contributed by atoms with Crippen molar-refractivity contribution in [3.8, 4) is 51.0 Å². The summed E-state index contributed by atoms with van der Waals surface area (Å²) in [6.07, 6.45) is 0. The second-order valence-corrected chi connectivity index (χ2v) is 11.1. The summed E-state index contributed by atoms with van der Waals surface area (Å²) in [5.74, 6) is -0.0502. The van der Waals surface area contributed by atoms with Gasteiger partial charge >= 0.3 is 0 Å². The van der Waals surface area contributed by atoms with Gasteiger partial charge in [0.1, 0.15) is 5.58 Å². The smallest absolute Gasteiger partial charge is 0.166 e. The normalized spacial score (nSPS) is 16.6. The molecule has 0 unspecified atom stereocenters. The van der Waals surface area contributed by atoms with Crippen LogP contribution in [0.1, 0.15) is 24.7 Å². The molecule has 0 N–H and O–H groups in total. The number of nitrogens with zero attached hydrogens (tertiary/aromatic N) is 4. The quantitative estimate of drug-likeness (QED) is 0.185. The summed E-state index contributed by atoms with van der Waals surface area (Å²) in [6.45, 7) is 0. The van der Waals surface area contributed by atoms with Crippen LogP contribution in [0.2, 0.25) is 0 Å². The van der Waals surface area contributed by atoms with Gasteiger partial charge in [0.05, 0.1) is 41.4 Å². The molecule has 0 radical (unpaired) electrons. The average Bonchev–Trinajstić information content (AvgIpc) is 3.91. The fourth-order valence-electron chi connectivity index (χ4n) is 5.94. The van der Waals surface area contributed by atoms with E-state index in [0.717, 1.165) is 4.57 Å². The van der Waals surface area contributed by atoms with E-state index in [0.29, 0.717) is 11.1 Å². The third-order valence-electron chi connectivity index (χ3n) is 8.15. The molecule has 10 rings (SSSR count). The molecule has 0 amide bonds. The highest BCUT2D eigenvalue weighted by Crippen LogP contribution is 2.41. The largest absolute Gasteiger partial charge is 0.454 e. The molecule has 10 aromatic rings. The van der Waals surface area contributed by atoms with Crippen LogP contribution in [0.4, 0.5) is 0 Å². The number of fused-ring (bicyclic) bond motifs is 6. The first-order valence-corrected chi connectivity index (χ1v) is 15.2. The second kappa shape index (κ2) is 11.4. The van der Waals surface area contributed by atoms with Gasteiger partial charge in [-0.2, -0.15) is 0 Å². The van der Waals surface area contributed by atoms with Crippen molar-refractivity contribution < 1.29 is 29.1 Å². The van der Waals surface area contributed by atoms with Gasteiger partial charge in [0, 0.05) is 38.2 Å². The monoisotopic (exact) mass is 658 g/mol. The minimum atomic E-state index is -0.813. The zero-order valence-corrected chi connectivity index (χ0v) is 25.5. The summed E-state index contributed by atoms with van der Waals surface area (Å²) in [6, 6.07) is 4.07. The second-order valence-electron chi connectivity index (χ2n) is 11.1. The lowest BCUT2D eigenvalue weighted by Crippen LogP contribution is -2.02. The molecule has 50 heavy (non-hydrogen) atoms. The molecule has 234 valence electrons. The van der Waals surface area contributed by atoms with E-state index in [-0.39, 0.29) is 39.3 Å². The van der Waals surface area contributed by atoms with E-state index in [1.807, 2.05) is 0 Å². The van der Waals surface area contributed by atoms with Crippen LogP contribution >= 0.6 is 0 Å². The number of rotatable bonds is 5. The van der Waals surface area contributed by atoms with Crippen LogP contribution in [0.3, 0.4) is 0 Å². The predicted octanol–water partition coefficient (Wildman–Crippen LogP) is 11.5. The van der Waals surface area contributed by atoms with Gasteiger partial charge in [-0.25, -0.2) is 15.0 Å². The zero-order valence-electron chi connectivity index (χ0n) is 43.5. The lowest BCUT2D eigenvalue weighted by atomic mass is 10.0. The summed E-state index contributed by atoms with van der Waals surface area (Å²) in [5.41, 5.74) is -2.81. The molecular weight excluding hydrogens is 613 g/mol. The molecule has 3 aromatic heterocycles. The Morgan fingerprint density at radius 3 is 1.88 bits per heavy atom. The van der Waals surface area contributed by atoms with Gasteiger partial charge in [0.25, 0.3) is 0 Å². The van der Waals surface area contributed by atoms with Crippen molar-refractivity contribution in [2.45, 2.75) is 0 Å². The molecule has 5 nitrogen and oxygen atoms in total. The lowest BCUT2D eigenvalue weighted by Gasteiger charge is -2.13. The van der Waals surface area contributed by atoms with Gasteiger partial charge in [0.2, 0.25) is 0 Å². The Bertz CT molecular complexity index is 3810. The highest BCUT2D eigenvalue weighted by molar-refractivity contribution is 6.15. The Hall–Kier alpha value is -6.85. The van der Waals surface area contributed by atoms with Crippen molar-refractivity contribution in [2.75, 3.05) is 0 Å². The summed E-state index contributed by atoms with van der Waals surface area (Å²) in [4.78, 5) is 14.3. The maximum atomic E-state index is 9.51. The average molecular weight is 659 g/mol. The molecule has 0 fully saturated rings. The maximum absolute atomic E-state index is 9.51. The van der Waals surface area contributed by atoms with Crippen molar-refractivity contribution in [1.82, 2.24) is 19.5 Å². The Balaban J connectivity index is 1.44. The van der Waals surface area contributed by atoms with Crippen LogP contribution < -0.4 is 0 Å². The Morgan fingerprint density at radius 1 is 0.480 bits per heavy atom. The molecular formula is C45H28N4O. The van der Waals surface area contributed by atoms with E-state index < -0.39 is 153 Å². The van der Waals surface area contributed by atoms with Crippen molar-refractivity contribution in [1.29, 1.82) is 0 Å². The lowest BCUT2D eigenvalue weighted by molar-refractivity contribution is 0.666. The summed E-state index contributed by atoms with van der Waals surface area (Å²) in [7, 11) is 0. The standard InChI is InChI=1S/C45H28N4O/c1-4-14-29(15-5-1)32-26-27-34-36-22-13-25-39(42(36)50-40(34)28-32)49-38-24-11-10-20-33(38)35-21-12-23-37(41(35)49)45-47-43(30-16-6-2-7-17-30)46-44(48-45)31-18-8-3-9-19-31/h1-28H/i1D,4D,5D,10D,11D,12D,13D,14D,15D,20D,21D,22D,23D,24D,25D,26D,27D,28D. The number of furan rings is 1. The van der Waals surface area contributed by atoms with E-state index in [9.17, 15) is 9.60 Å². The molecule has 0 bridgehead atoms. The molecule has 0 aliphatic heterocycles.